The Balaban J connectivity index is 1.87. The van der Waals surface area contributed by atoms with E-state index in [4.69, 9.17) is 16.3 Å². The van der Waals surface area contributed by atoms with E-state index in [9.17, 15) is 4.79 Å². The summed E-state index contributed by atoms with van der Waals surface area (Å²) in [6, 6.07) is 13.0. The van der Waals surface area contributed by atoms with Crippen LogP contribution >= 0.6 is 11.6 Å². The molecule has 0 aliphatic carbocycles. The van der Waals surface area contributed by atoms with Crippen LogP contribution in [-0.4, -0.2) is 43.0 Å². The fourth-order valence-electron chi connectivity index (χ4n) is 2.87. The molecular formula is C22H24ClN3O2. The number of amides is 1. The number of halogens is 1. The number of pyridine rings is 1. The van der Waals surface area contributed by atoms with Gasteiger partial charge in [-0.2, -0.15) is 0 Å². The predicted molar refractivity (Wildman–Crippen MR) is 115 cm³/mol. The zero-order valence-electron chi connectivity index (χ0n) is 16.5. The van der Waals surface area contributed by atoms with Crippen molar-refractivity contribution in [2.24, 2.45) is 0 Å². The molecular weight excluding hydrogens is 374 g/mol. The molecule has 1 heterocycles. The van der Waals surface area contributed by atoms with Crippen LogP contribution in [0, 0.1) is 13.8 Å². The van der Waals surface area contributed by atoms with Gasteiger partial charge >= 0.3 is 0 Å². The van der Waals surface area contributed by atoms with Crippen molar-refractivity contribution in [1.82, 2.24) is 9.88 Å². The van der Waals surface area contributed by atoms with Crippen LogP contribution in [0.1, 0.15) is 21.6 Å². The van der Waals surface area contributed by atoms with Crippen LogP contribution < -0.4 is 10.1 Å². The normalized spacial score (nSPS) is 11.1. The number of carbonyl (C=O) groups is 1. The maximum absolute atomic E-state index is 13.0. The van der Waals surface area contributed by atoms with E-state index in [1.807, 2.05) is 69.2 Å². The van der Waals surface area contributed by atoms with Crippen LogP contribution in [0.2, 0.25) is 5.02 Å². The summed E-state index contributed by atoms with van der Waals surface area (Å²) in [5, 5.41) is 4.41. The first-order valence-corrected chi connectivity index (χ1v) is 9.48. The summed E-state index contributed by atoms with van der Waals surface area (Å²) in [6.07, 6.45) is 0. The second-order valence-electron chi connectivity index (χ2n) is 7.06. The second kappa shape index (κ2) is 8.59. The van der Waals surface area contributed by atoms with E-state index < -0.39 is 0 Å². The molecule has 146 valence electrons. The molecule has 0 radical (unpaired) electrons. The molecule has 0 bridgehead atoms. The molecule has 0 fully saturated rings. The predicted octanol–water partition coefficient (Wildman–Crippen LogP) is 4.70. The van der Waals surface area contributed by atoms with E-state index in [0.29, 0.717) is 34.3 Å². The van der Waals surface area contributed by atoms with Crippen molar-refractivity contribution in [3.63, 3.8) is 0 Å². The number of hydrogen-bond acceptors (Lipinski definition) is 4. The average molecular weight is 398 g/mol. The van der Waals surface area contributed by atoms with Crippen LogP contribution in [0.25, 0.3) is 10.9 Å². The number of aromatic nitrogens is 1. The number of nitrogens with zero attached hydrogens (tertiary/aromatic N) is 2. The smallest absolute Gasteiger partial charge is 0.257 e. The van der Waals surface area contributed by atoms with Crippen molar-refractivity contribution in [3.05, 3.63) is 64.3 Å². The topological polar surface area (TPSA) is 54.5 Å². The molecule has 6 heteroatoms. The van der Waals surface area contributed by atoms with Crippen LogP contribution in [0.3, 0.4) is 0 Å². The van der Waals surface area contributed by atoms with Crippen molar-refractivity contribution in [3.8, 4) is 5.75 Å². The molecule has 3 aromatic rings. The highest BCUT2D eigenvalue weighted by Crippen LogP contribution is 2.27. The average Bonchev–Trinajstić information content (AvgIpc) is 2.63. The molecule has 0 saturated carbocycles. The highest BCUT2D eigenvalue weighted by Gasteiger charge is 2.15. The lowest BCUT2D eigenvalue weighted by atomic mass is 10.1. The maximum atomic E-state index is 13.0. The zero-order chi connectivity index (χ0) is 20.3. The van der Waals surface area contributed by atoms with Crippen molar-refractivity contribution in [1.29, 1.82) is 0 Å². The number of nitrogens with one attached hydrogen (secondary N) is 1. The number of benzene rings is 2. The minimum Gasteiger partial charge on any atom is -0.490 e. The SMILES string of the molecule is Cc1ccc(OCCN(C)C)c(NC(=O)c2cc3cc(Cl)ccc3nc2C)c1. The minimum absolute atomic E-state index is 0.227. The first kappa shape index (κ1) is 20.1. The Kier molecular flexibility index (Phi) is 6.17. The van der Waals surface area contributed by atoms with E-state index in [0.717, 1.165) is 23.0 Å². The lowest BCUT2D eigenvalue weighted by Crippen LogP contribution is -2.20. The number of carbonyl (C=O) groups excluding carboxylic acids is 1. The molecule has 2 aromatic carbocycles. The Hall–Kier alpha value is -2.63. The van der Waals surface area contributed by atoms with Gasteiger partial charge in [-0.3, -0.25) is 9.78 Å². The number of ether oxygens (including phenoxy) is 1. The number of hydrogen-bond donors (Lipinski definition) is 1. The standard InChI is InChI=1S/C22H24ClN3O2/c1-14-5-8-21(28-10-9-26(3)4)20(11-14)25-22(27)18-13-16-12-17(23)6-7-19(16)24-15(18)2/h5-8,11-13H,9-10H2,1-4H3,(H,25,27). The van der Waals surface area contributed by atoms with Gasteiger partial charge in [-0.05, 0) is 69.9 Å². The van der Waals surface area contributed by atoms with Crippen molar-refractivity contribution < 1.29 is 9.53 Å². The largest absolute Gasteiger partial charge is 0.490 e. The van der Waals surface area contributed by atoms with Crippen molar-refractivity contribution in [2.75, 3.05) is 32.6 Å². The molecule has 0 aliphatic rings. The summed E-state index contributed by atoms with van der Waals surface area (Å²) in [5.41, 5.74) is 3.66. The molecule has 0 unspecified atom stereocenters. The van der Waals surface area contributed by atoms with E-state index in [1.165, 1.54) is 0 Å². The lowest BCUT2D eigenvalue weighted by molar-refractivity contribution is 0.102. The molecule has 28 heavy (non-hydrogen) atoms. The first-order valence-electron chi connectivity index (χ1n) is 9.10. The highest BCUT2D eigenvalue weighted by molar-refractivity contribution is 6.31. The Morgan fingerprint density at radius 2 is 1.93 bits per heavy atom. The van der Waals surface area contributed by atoms with Crippen molar-refractivity contribution >= 4 is 34.1 Å². The lowest BCUT2D eigenvalue weighted by Gasteiger charge is -2.16. The summed E-state index contributed by atoms with van der Waals surface area (Å²) in [5.74, 6) is 0.421. The van der Waals surface area contributed by atoms with Gasteiger partial charge in [0.25, 0.3) is 5.91 Å². The Morgan fingerprint density at radius 1 is 1.14 bits per heavy atom. The van der Waals surface area contributed by atoms with Gasteiger partial charge in [0.1, 0.15) is 12.4 Å². The molecule has 0 aliphatic heterocycles. The number of likely N-dealkylation sites (N-methyl/N-ethyl adjacent to an activating group) is 1. The highest BCUT2D eigenvalue weighted by atomic mass is 35.5. The third kappa shape index (κ3) is 4.80. The van der Waals surface area contributed by atoms with Gasteiger partial charge in [0, 0.05) is 17.0 Å². The van der Waals surface area contributed by atoms with Crippen molar-refractivity contribution in [2.45, 2.75) is 13.8 Å². The quantitative estimate of drug-likeness (QED) is 0.655. The van der Waals surface area contributed by atoms with E-state index in [-0.39, 0.29) is 5.91 Å². The molecule has 0 atom stereocenters. The molecule has 1 N–H and O–H groups in total. The Labute approximate surface area is 170 Å². The molecule has 3 rings (SSSR count). The monoisotopic (exact) mass is 397 g/mol. The van der Waals surface area contributed by atoms with Gasteiger partial charge in [0.15, 0.2) is 0 Å². The molecule has 1 aromatic heterocycles. The Bertz CT molecular complexity index is 1020. The fourth-order valence-corrected chi connectivity index (χ4v) is 3.05. The van der Waals surface area contributed by atoms with E-state index in [2.05, 4.69) is 10.3 Å². The molecule has 0 saturated heterocycles. The molecule has 0 spiro atoms. The van der Waals surface area contributed by atoms with E-state index in [1.54, 1.807) is 6.07 Å². The zero-order valence-corrected chi connectivity index (χ0v) is 17.3. The molecule has 1 amide bonds. The summed E-state index contributed by atoms with van der Waals surface area (Å²) in [4.78, 5) is 19.5. The van der Waals surface area contributed by atoms with Crippen LogP contribution in [0.15, 0.2) is 42.5 Å². The van der Waals surface area contributed by atoms with Gasteiger partial charge in [-0.25, -0.2) is 0 Å². The van der Waals surface area contributed by atoms with Gasteiger partial charge < -0.3 is 15.0 Å². The van der Waals surface area contributed by atoms with Gasteiger partial charge in [-0.1, -0.05) is 17.7 Å². The van der Waals surface area contributed by atoms with Crippen LogP contribution in [0.4, 0.5) is 5.69 Å². The summed E-state index contributed by atoms with van der Waals surface area (Å²) in [7, 11) is 3.98. The summed E-state index contributed by atoms with van der Waals surface area (Å²) >= 11 is 6.08. The number of aryl methyl sites for hydroxylation is 2. The maximum Gasteiger partial charge on any atom is 0.257 e. The first-order chi connectivity index (χ1) is 13.3. The Morgan fingerprint density at radius 3 is 2.68 bits per heavy atom. The van der Waals surface area contributed by atoms with Gasteiger partial charge in [0.05, 0.1) is 22.5 Å². The van der Waals surface area contributed by atoms with Gasteiger partial charge in [-0.15, -0.1) is 0 Å². The third-order valence-electron chi connectivity index (χ3n) is 4.39. The van der Waals surface area contributed by atoms with E-state index >= 15 is 0 Å². The second-order valence-corrected chi connectivity index (χ2v) is 7.50. The minimum atomic E-state index is -0.227. The van der Waals surface area contributed by atoms with Crippen LogP contribution in [0.5, 0.6) is 5.75 Å². The molecule has 5 nitrogen and oxygen atoms in total. The number of anilines is 1. The fraction of sp³-hybridized carbons (Fsp3) is 0.273. The third-order valence-corrected chi connectivity index (χ3v) is 4.63. The van der Waals surface area contributed by atoms with Crippen LogP contribution in [-0.2, 0) is 0 Å². The summed E-state index contributed by atoms with van der Waals surface area (Å²) < 4.78 is 5.87. The summed E-state index contributed by atoms with van der Waals surface area (Å²) in [6.45, 7) is 5.13. The van der Waals surface area contributed by atoms with Gasteiger partial charge in [0.2, 0.25) is 0 Å². The number of rotatable bonds is 6. The number of fused-ring (bicyclic) bond motifs is 1.